The summed E-state index contributed by atoms with van der Waals surface area (Å²) in [6.45, 7) is 1.75. The molecule has 0 aliphatic rings. The molecule has 1 N–H and O–H groups in total. The van der Waals surface area contributed by atoms with Crippen molar-refractivity contribution < 1.29 is 5.21 Å². The van der Waals surface area contributed by atoms with Crippen LogP contribution >= 0.6 is 0 Å². The van der Waals surface area contributed by atoms with Crippen molar-refractivity contribution in [2.24, 2.45) is 12.2 Å². The molecule has 0 saturated carbocycles. The molecule has 0 spiro atoms. The Morgan fingerprint density at radius 2 is 2.12 bits per heavy atom. The largest absolute Gasteiger partial charge is 0.411 e. The standard InChI is InChI=1S/C13H14N2O/c1-10(14-16)7-8-11-9-15(2)13-6-4-3-5-12(11)13/h3-9,16H,1-2H3/b8-7+,14-10-. The Labute approximate surface area is 94.3 Å². The van der Waals surface area contributed by atoms with E-state index in [0.717, 1.165) is 5.56 Å². The molecule has 0 aliphatic carbocycles. The molecule has 3 heteroatoms. The molecular formula is C13H14N2O. The van der Waals surface area contributed by atoms with Gasteiger partial charge in [0.15, 0.2) is 0 Å². The van der Waals surface area contributed by atoms with Gasteiger partial charge in [-0.3, -0.25) is 0 Å². The number of aryl methyl sites for hydroxylation is 1. The molecule has 1 aromatic heterocycles. The molecule has 3 nitrogen and oxygen atoms in total. The molecule has 2 aromatic rings. The van der Waals surface area contributed by atoms with E-state index in [1.54, 1.807) is 13.0 Å². The minimum atomic E-state index is 0.591. The fourth-order valence-electron chi connectivity index (χ4n) is 1.75. The third-order valence-corrected chi connectivity index (χ3v) is 2.59. The molecule has 16 heavy (non-hydrogen) atoms. The summed E-state index contributed by atoms with van der Waals surface area (Å²) in [5.74, 6) is 0. The van der Waals surface area contributed by atoms with Gasteiger partial charge in [-0.1, -0.05) is 29.4 Å². The van der Waals surface area contributed by atoms with Crippen molar-refractivity contribution in [2.75, 3.05) is 0 Å². The smallest absolute Gasteiger partial charge is 0.0765 e. The molecule has 0 unspecified atom stereocenters. The molecule has 0 bridgehead atoms. The Kier molecular flexibility index (Phi) is 2.77. The number of benzene rings is 1. The van der Waals surface area contributed by atoms with Crippen LogP contribution in [-0.2, 0) is 7.05 Å². The van der Waals surface area contributed by atoms with Crippen molar-refractivity contribution >= 4 is 22.7 Å². The van der Waals surface area contributed by atoms with Gasteiger partial charge in [-0.05, 0) is 19.1 Å². The molecule has 0 atom stereocenters. The SMILES string of the molecule is CC(/C=C/c1cn(C)c2ccccc12)=N/O. The second-order valence-electron chi connectivity index (χ2n) is 3.79. The predicted octanol–water partition coefficient (Wildman–Crippen LogP) is 3.04. The number of fused-ring (bicyclic) bond motifs is 1. The fourth-order valence-corrected chi connectivity index (χ4v) is 1.75. The van der Waals surface area contributed by atoms with Crippen molar-refractivity contribution in [1.82, 2.24) is 4.57 Å². The Morgan fingerprint density at radius 3 is 2.88 bits per heavy atom. The summed E-state index contributed by atoms with van der Waals surface area (Å²) in [4.78, 5) is 0. The summed E-state index contributed by atoms with van der Waals surface area (Å²) in [5.41, 5.74) is 2.91. The van der Waals surface area contributed by atoms with Crippen LogP contribution in [0.5, 0.6) is 0 Å². The van der Waals surface area contributed by atoms with Gasteiger partial charge in [0.05, 0.1) is 5.71 Å². The second kappa shape index (κ2) is 4.23. The number of aromatic nitrogens is 1. The number of hydrogen-bond acceptors (Lipinski definition) is 2. The Hall–Kier alpha value is -2.03. The van der Waals surface area contributed by atoms with Crippen LogP contribution < -0.4 is 0 Å². The van der Waals surface area contributed by atoms with Gasteiger partial charge < -0.3 is 9.77 Å². The maximum Gasteiger partial charge on any atom is 0.0765 e. The van der Waals surface area contributed by atoms with Gasteiger partial charge in [0.25, 0.3) is 0 Å². The summed E-state index contributed by atoms with van der Waals surface area (Å²) >= 11 is 0. The average molecular weight is 214 g/mol. The minimum Gasteiger partial charge on any atom is -0.411 e. The highest BCUT2D eigenvalue weighted by Crippen LogP contribution is 2.21. The summed E-state index contributed by atoms with van der Waals surface area (Å²) < 4.78 is 2.08. The van der Waals surface area contributed by atoms with E-state index in [9.17, 15) is 0 Å². The van der Waals surface area contributed by atoms with E-state index in [4.69, 9.17) is 5.21 Å². The van der Waals surface area contributed by atoms with E-state index in [1.807, 2.05) is 25.3 Å². The third kappa shape index (κ3) is 1.84. The van der Waals surface area contributed by atoms with Crippen molar-refractivity contribution in [3.05, 3.63) is 42.1 Å². The number of hydrogen-bond donors (Lipinski definition) is 1. The van der Waals surface area contributed by atoms with Gasteiger partial charge in [0, 0.05) is 29.7 Å². The molecule has 2 rings (SSSR count). The van der Waals surface area contributed by atoms with Crippen LogP contribution in [0, 0.1) is 0 Å². The maximum absolute atomic E-state index is 8.56. The van der Waals surface area contributed by atoms with E-state index in [1.165, 1.54) is 10.9 Å². The summed E-state index contributed by atoms with van der Waals surface area (Å²) in [6, 6.07) is 8.21. The van der Waals surface area contributed by atoms with E-state index in [-0.39, 0.29) is 0 Å². The quantitative estimate of drug-likeness (QED) is 0.465. The lowest BCUT2D eigenvalue weighted by Gasteiger charge is -1.93. The maximum atomic E-state index is 8.56. The highest BCUT2D eigenvalue weighted by Gasteiger charge is 2.02. The second-order valence-corrected chi connectivity index (χ2v) is 3.79. The van der Waals surface area contributed by atoms with Crippen LogP contribution in [0.2, 0.25) is 0 Å². The molecule has 0 fully saturated rings. The highest BCUT2D eigenvalue weighted by molar-refractivity contribution is 5.98. The van der Waals surface area contributed by atoms with Gasteiger partial charge in [0.2, 0.25) is 0 Å². The van der Waals surface area contributed by atoms with E-state index >= 15 is 0 Å². The summed E-state index contributed by atoms with van der Waals surface area (Å²) in [7, 11) is 2.02. The topological polar surface area (TPSA) is 37.5 Å². The van der Waals surface area contributed by atoms with Crippen LogP contribution in [-0.4, -0.2) is 15.5 Å². The van der Waals surface area contributed by atoms with Crippen molar-refractivity contribution in [1.29, 1.82) is 0 Å². The number of nitrogens with zero attached hydrogens (tertiary/aromatic N) is 2. The first kappa shape index (κ1) is 10.5. The minimum absolute atomic E-state index is 0.591. The van der Waals surface area contributed by atoms with Crippen LogP contribution in [0.3, 0.4) is 0 Å². The fraction of sp³-hybridized carbons (Fsp3) is 0.154. The van der Waals surface area contributed by atoms with Crippen molar-refractivity contribution in [3.63, 3.8) is 0 Å². The molecule has 0 saturated heterocycles. The van der Waals surface area contributed by atoms with E-state index < -0.39 is 0 Å². The summed E-state index contributed by atoms with van der Waals surface area (Å²) in [5, 5.41) is 12.9. The molecule has 82 valence electrons. The number of rotatable bonds is 2. The molecule has 0 radical (unpaired) electrons. The van der Waals surface area contributed by atoms with Crippen LogP contribution in [0.4, 0.5) is 0 Å². The first-order chi connectivity index (χ1) is 7.72. The zero-order valence-corrected chi connectivity index (χ0v) is 9.38. The van der Waals surface area contributed by atoms with Gasteiger partial charge in [0.1, 0.15) is 0 Å². The lowest BCUT2D eigenvalue weighted by Crippen LogP contribution is -1.82. The Morgan fingerprint density at radius 1 is 1.38 bits per heavy atom. The highest BCUT2D eigenvalue weighted by atomic mass is 16.4. The lowest BCUT2D eigenvalue weighted by atomic mass is 10.1. The van der Waals surface area contributed by atoms with Gasteiger partial charge >= 0.3 is 0 Å². The van der Waals surface area contributed by atoms with Crippen LogP contribution in [0.15, 0.2) is 41.7 Å². The molecule has 1 aromatic carbocycles. The van der Waals surface area contributed by atoms with Gasteiger partial charge in [-0.15, -0.1) is 0 Å². The first-order valence-electron chi connectivity index (χ1n) is 5.13. The zero-order valence-electron chi connectivity index (χ0n) is 9.38. The van der Waals surface area contributed by atoms with Crippen molar-refractivity contribution in [2.45, 2.75) is 6.92 Å². The zero-order chi connectivity index (χ0) is 11.5. The van der Waals surface area contributed by atoms with Crippen LogP contribution in [0.25, 0.3) is 17.0 Å². The third-order valence-electron chi connectivity index (χ3n) is 2.59. The average Bonchev–Trinajstić information content (AvgIpc) is 2.64. The number of allylic oxidation sites excluding steroid dienone is 1. The number of oxime groups is 1. The Balaban J connectivity index is 2.50. The van der Waals surface area contributed by atoms with Crippen molar-refractivity contribution in [3.8, 4) is 0 Å². The first-order valence-corrected chi connectivity index (χ1v) is 5.13. The number of para-hydroxylation sites is 1. The molecular weight excluding hydrogens is 200 g/mol. The van der Waals surface area contributed by atoms with E-state index in [2.05, 4.69) is 28.1 Å². The molecule has 0 aliphatic heterocycles. The van der Waals surface area contributed by atoms with Gasteiger partial charge in [-0.25, -0.2) is 0 Å². The molecule has 1 heterocycles. The normalized spacial score (nSPS) is 12.8. The summed E-state index contributed by atoms with van der Waals surface area (Å²) in [6.07, 6.45) is 5.81. The van der Waals surface area contributed by atoms with E-state index in [0.29, 0.717) is 5.71 Å². The van der Waals surface area contributed by atoms with Crippen LogP contribution in [0.1, 0.15) is 12.5 Å². The predicted molar refractivity (Wildman–Crippen MR) is 66.8 cm³/mol. The lowest BCUT2D eigenvalue weighted by molar-refractivity contribution is 0.319. The monoisotopic (exact) mass is 214 g/mol. The van der Waals surface area contributed by atoms with Gasteiger partial charge in [-0.2, -0.15) is 0 Å². The molecule has 0 amide bonds. The Bertz CT molecular complexity index is 564.